The molecule has 4 rings (SSSR count). The summed E-state index contributed by atoms with van der Waals surface area (Å²) in [6, 6.07) is 19.5. The van der Waals surface area contributed by atoms with Crippen molar-refractivity contribution in [2.75, 3.05) is 18.0 Å². The van der Waals surface area contributed by atoms with E-state index in [0.717, 1.165) is 28.3 Å². The van der Waals surface area contributed by atoms with Gasteiger partial charge >= 0.3 is 0 Å². The van der Waals surface area contributed by atoms with Crippen LogP contribution in [0, 0.1) is 6.92 Å². The lowest BCUT2D eigenvalue weighted by atomic mass is 9.89. The Hall–Kier alpha value is -3.32. The number of sulfonamides is 1. The molecule has 0 aromatic heterocycles. The number of ether oxygens (including phenoxy) is 1. The Labute approximate surface area is 208 Å². The van der Waals surface area contributed by atoms with Crippen LogP contribution in [0.3, 0.4) is 0 Å². The third-order valence-corrected chi connectivity index (χ3v) is 8.25. The van der Waals surface area contributed by atoms with Gasteiger partial charge < -0.3 is 10.1 Å². The summed E-state index contributed by atoms with van der Waals surface area (Å²) in [5, 5.41) is 2.99. The maximum atomic E-state index is 13.7. The van der Waals surface area contributed by atoms with E-state index in [2.05, 4.69) is 23.5 Å². The van der Waals surface area contributed by atoms with Crippen molar-refractivity contribution in [3.05, 3.63) is 89.0 Å². The van der Waals surface area contributed by atoms with E-state index < -0.39 is 15.9 Å². The van der Waals surface area contributed by atoms with Crippen LogP contribution in [0.25, 0.3) is 0 Å². The lowest BCUT2D eigenvalue weighted by Gasteiger charge is -2.27. The molecular weight excluding hydrogens is 460 g/mol. The smallest absolute Gasteiger partial charge is 0.264 e. The molecule has 1 N–H and O–H groups in total. The van der Waals surface area contributed by atoms with Gasteiger partial charge in [-0.1, -0.05) is 42.5 Å². The summed E-state index contributed by atoms with van der Waals surface area (Å²) < 4.78 is 33.9. The second-order valence-electron chi connectivity index (χ2n) is 9.02. The number of nitrogens with one attached hydrogen (secondary N) is 1. The van der Waals surface area contributed by atoms with E-state index in [1.54, 1.807) is 30.3 Å². The summed E-state index contributed by atoms with van der Waals surface area (Å²) >= 11 is 0. The molecule has 0 radical (unpaired) electrons. The maximum Gasteiger partial charge on any atom is 0.264 e. The SMILES string of the molecule is COc1ccc(C)cc1N(CC(=O)N[C@H](C)c1ccc2c(c1)CCCC2)S(=O)(=O)c1ccccc1. The summed E-state index contributed by atoms with van der Waals surface area (Å²) in [4.78, 5) is 13.3. The van der Waals surface area contributed by atoms with Gasteiger partial charge in [0, 0.05) is 0 Å². The Kier molecular flexibility index (Phi) is 7.45. The molecule has 35 heavy (non-hydrogen) atoms. The van der Waals surface area contributed by atoms with E-state index in [-0.39, 0.29) is 17.5 Å². The second-order valence-corrected chi connectivity index (χ2v) is 10.9. The van der Waals surface area contributed by atoms with Crippen LogP contribution in [0.5, 0.6) is 5.75 Å². The van der Waals surface area contributed by atoms with Crippen LogP contribution in [0.2, 0.25) is 0 Å². The van der Waals surface area contributed by atoms with Crippen molar-refractivity contribution < 1.29 is 17.9 Å². The second kappa shape index (κ2) is 10.5. The zero-order chi connectivity index (χ0) is 25.0. The molecular formula is C28H32N2O4S. The Morgan fingerprint density at radius 1 is 1.00 bits per heavy atom. The number of anilines is 1. The maximum absolute atomic E-state index is 13.7. The molecule has 1 amide bonds. The van der Waals surface area contributed by atoms with E-state index in [4.69, 9.17) is 4.74 Å². The Morgan fingerprint density at radius 3 is 2.43 bits per heavy atom. The number of carbonyl (C=O) groups is 1. The van der Waals surface area contributed by atoms with E-state index >= 15 is 0 Å². The third kappa shape index (κ3) is 5.51. The molecule has 0 bridgehead atoms. The van der Waals surface area contributed by atoms with E-state index in [9.17, 15) is 13.2 Å². The van der Waals surface area contributed by atoms with E-state index in [1.165, 1.54) is 43.2 Å². The van der Waals surface area contributed by atoms with E-state index in [1.807, 2.05) is 19.9 Å². The molecule has 6 nitrogen and oxygen atoms in total. The molecule has 0 saturated carbocycles. The van der Waals surface area contributed by atoms with Crippen molar-refractivity contribution in [1.29, 1.82) is 0 Å². The lowest BCUT2D eigenvalue weighted by molar-refractivity contribution is -0.120. The van der Waals surface area contributed by atoms with Crippen LogP contribution in [-0.4, -0.2) is 28.0 Å². The van der Waals surface area contributed by atoms with Crippen molar-refractivity contribution in [1.82, 2.24) is 5.32 Å². The van der Waals surface area contributed by atoms with Crippen molar-refractivity contribution in [2.24, 2.45) is 0 Å². The predicted octanol–water partition coefficient (Wildman–Crippen LogP) is 4.96. The highest BCUT2D eigenvalue weighted by molar-refractivity contribution is 7.92. The van der Waals surface area contributed by atoms with Gasteiger partial charge in [0.25, 0.3) is 10.0 Å². The molecule has 0 fully saturated rings. The molecule has 7 heteroatoms. The van der Waals surface area contributed by atoms with Crippen LogP contribution >= 0.6 is 0 Å². The Morgan fingerprint density at radius 2 is 1.71 bits per heavy atom. The highest BCUT2D eigenvalue weighted by Crippen LogP contribution is 2.33. The van der Waals surface area contributed by atoms with Crippen LogP contribution in [0.15, 0.2) is 71.6 Å². The fraction of sp³-hybridized carbons (Fsp3) is 0.321. The first-order valence-corrected chi connectivity index (χ1v) is 13.4. The van der Waals surface area contributed by atoms with E-state index in [0.29, 0.717) is 11.4 Å². The normalized spacial score (nSPS) is 14.0. The molecule has 184 valence electrons. The van der Waals surface area contributed by atoms with Crippen LogP contribution < -0.4 is 14.4 Å². The Bertz CT molecular complexity index is 1310. The quantitative estimate of drug-likeness (QED) is 0.483. The topological polar surface area (TPSA) is 75.7 Å². The largest absolute Gasteiger partial charge is 0.495 e. The minimum Gasteiger partial charge on any atom is -0.495 e. The van der Waals surface area contributed by atoms with Crippen molar-refractivity contribution >= 4 is 21.6 Å². The van der Waals surface area contributed by atoms with Gasteiger partial charge in [0.05, 0.1) is 23.7 Å². The van der Waals surface area contributed by atoms with Crippen LogP contribution in [0.1, 0.15) is 48.1 Å². The molecule has 0 saturated heterocycles. The minimum absolute atomic E-state index is 0.110. The summed E-state index contributed by atoms with van der Waals surface area (Å²) in [6.07, 6.45) is 4.55. The van der Waals surface area contributed by atoms with Crippen LogP contribution in [-0.2, 0) is 27.7 Å². The van der Waals surface area contributed by atoms with Crippen molar-refractivity contribution in [3.63, 3.8) is 0 Å². The highest BCUT2D eigenvalue weighted by atomic mass is 32.2. The summed E-state index contributed by atoms with van der Waals surface area (Å²) in [5.74, 6) is -0.0103. The summed E-state index contributed by atoms with van der Waals surface area (Å²) in [6.45, 7) is 3.42. The zero-order valence-corrected chi connectivity index (χ0v) is 21.3. The molecule has 1 atom stereocenters. The number of rotatable bonds is 8. The predicted molar refractivity (Wildman–Crippen MR) is 138 cm³/mol. The number of hydrogen-bond donors (Lipinski definition) is 1. The van der Waals surface area contributed by atoms with Gasteiger partial charge in [-0.2, -0.15) is 0 Å². The molecule has 0 heterocycles. The third-order valence-electron chi connectivity index (χ3n) is 6.47. The fourth-order valence-corrected chi connectivity index (χ4v) is 5.98. The molecule has 1 aliphatic rings. The number of methoxy groups -OCH3 is 1. The summed E-state index contributed by atoms with van der Waals surface area (Å²) in [5.41, 5.74) is 4.92. The molecule has 3 aromatic rings. The molecule has 0 unspecified atom stereocenters. The zero-order valence-electron chi connectivity index (χ0n) is 20.5. The number of aryl methyl sites for hydroxylation is 3. The fourth-order valence-electron chi connectivity index (χ4n) is 4.54. The van der Waals surface area contributed by atoms with Gasteiger partial charge in [-0.25, -0.2) is 8.42 Å². The van der Waals surface area contributed by atoms with Gasteiger partial charge in [-0.3, -0.25) is 9.10 Å². The number of benzene rings is 3. The van der Waals surface area contributed by atoms with Crippen molar-refractivity contribution in [3.8, 4) is 5.75 Å². The average molecular weight is 493 g/mol. The minimum atomic E-state index is -4.02. The first kappa shape index (κ1) is 24.8. The number of fused-ring (bicyclic) bond motifs is 1. The number of carbonyl (C=O) groups excluding carboxylic acids is 1. The van der Waals surface area contributed by atoms with Gasteiger partial charge in [0.2, 0.25) is 5.91 Å². The van der Waals surface area contributed by atoms with Crippen LogP contribution in [0.4, 0.5) is 5.69 Å². The molecule has 3 aromatic carbocycles. The van der Waals surface area contributed by atoms with Gasteiger partial charge in [-0.05, 0) is 86.1 Å². The monoisotopic (exact) mass is 492 g/mol. The first-order valence-electron chi connectivity index (χ1n) is 11.9. The molecule has 0 spiro atoms. The van der Waals surface area contributed by atoms with Crippen molar-refractivity contribution in [2.45, 2.75) is 50.5 Å². The molecule has 0 aliphatic heterocycles. The van der Waals surface area contributed by atoms with Gasteiger partial charge in [0.15, 0.2) is 0 Å². The first-order chi connectivity index (χ1) is 16.8. The number of hydrogen-bond acceptors (Lipinski definition) is 4. The highest BCUT2D eigenvalue weighted by Gasteiger charge is 2.30. The lowest BCUT2D eigenvalue weighted by Crippen LogP contribution is -2.41. The summed E-state index contributed by atoms with van der Waals surface area (Å²) in [7, 11) is -2.53. The molecule has 1 aliphatic carbocycles. The standard InChI is InChI=1S/C28H32N2O4S/c1-20-13-16-27(34-3)26(17-20)30(35(32,33)25-11-5-4-6-12-25)19-28(31)29-21(2)23-15-14-22-9-7-8-10-24(22)18-23/h4-6,11-18,21H,7-10,19H2,1-3H3,(H,29,31)/t21-/m1/s1. The average Bonchev–Trinajstić information content (AvgIpc) is 2.87. The Balaban J connectivity index is 1.62. The number of amides is 1. The van der Waals surface area contributed by atoms with Gasteiger partial charge in [0.1, 0.15) is 12.3 Å². The number of nitrogens with zero attached hydrogens (tertiary/aromatic N) is 1. The van der Waals surface area contributed by atoms with Gasteiger partial charge in [-0.15, -0.1) is 0 Å².